The fourth-order valence-corrected chi connectivity index (χ4v) is 3.20. The van der Waals surface area contributed by atoms with Crippen LogP contribution in [0.3, 0.4) is 0 Å². The standard InChI is InChI=1S/C19H24N6O3.ClH/c1-22-13-21-17-16(22)18(27)25(19(28)23(17)2)12-15(26)24(11-9-20)10-8-14-6-4-3-5-7-14;/h3-7,13H,8-12,20H2,1-2H3;1H. The summed E-state index contributed by atoms with van der Waals surface area (Å²) in [6, 6.07) is 9.79. The lowest BCUT2D eigenvalue weighted by Gasteiger charge is -2.22. The zero-order chi connectivity index (χ0) is 20.3. The fraction of sp³-hybridized carbons (Fsp3) is 0.368. The third-order valence-corrected chi connectivity index (χ3v) is 4.76. The summed E-state index contributed by atoms with van der Waals surface area (Å²) >= 11 is 0. The number of benzene rings is 1. The molecule has 0 bridgehead atoms. The summed E-state index contributed by atoms with van der Waals surface area (Å²) in [6.07, 6.45) is 2.14. The van der Waals surface area contributed by atoms with Gasteiger partial charge < -0.3 is 15.2 Å². The normalized spacial score (nSPS) is 10.7. The van der Waals surface area contributed by atoms with E-state index in [1.54, 1.807) is 16.5 Å². The molecule has 0 aliphatic heterocycles. The molecule has 3 rings (SSSR count). The Morgan fingerprint density at radius 1 is 1.14 bits per heavy atom. The maximum Gasteiger partial charge on any atom is 0.332 e. The zero-order valence-electron chi connectivity index (χ0n) is 16.4. The van der Waals surface area contributed by atoms with Gasteiger partial charge in [0.2, 0.25) is 5.91 Å². The minimum absolute atomic E-state index is 0. The predicted molar refractivity (Wildman–Crippen MR) is 113 cm³/mol. The predicted octanol–water partition coefficient (Wildman–Crippen LogP) is -0.114. The molecular formula is C19H25ClN6O3. The number of hydrogen-bond donors (Lipinski definition) is 1. The number of nitrogens with two attached hydrogens (primary N) is 1. The third kappa shape index (κ3) is 4.57. The van der Waals surface area contributed by atoms with Gasteiger partial charge in [-0.3, -0.25) is 14.2 Å². The van der Waals surface area contributed by atoms with Crippen LogP contribution < -0.4 is 17.0 Å². The van der Waals surface area contributed by atoms with Crippen molar-refractivity contribution in [1.29, 1.82) is 0 Å². The number of rotatable bonds is 7. The van der Waals surface area contributed by atoms with E-state index in [4.69, 9.17) is 5.73 Å². The first-order valence-electron chi connectivity index (χ1n) is 9.06. The Balaban J connectivity index is 0.00000300. The second-order valence-corrected chi connectivity index (χ2v) is 6.67. The third-order valence-electron chi connectivity index (χ3n) is 4.76. The number of imidazole rings is 1. The van der Waals surface area contributed by atoms with Crippen LogP contribution in [0.2, 0.25) is 0 Å². The number of carbonyl (C=O) groups is 1. The average Bonchev–Trinajstić information content (AvgIpc) is 3.09. The topological polar surface area (TPSA) is 108 Å². The highest BCUT2D eigenvalue weighted by Crippen LogP contribution is 2.04. The summed E-state index contributed by atoms with van der Waals surface area (Å²) in [4.78, 5) is 43.9. The zero-order valence-corrected chi connectivity index (χ0v) is 17.3. The van der Waals surface area contributed by atoms with Gasteiger partial charge in [-0.1, -0.05) is 30.3 Å². The quantitative estimate of drug-likeness (QED) is 0.573. The number of carbonyl (C=O) groups excluding carboxylic acids is 1. The van der Waals surface area contributed by atoms with Gasteiger partial charge in [0.15, 0.2) is 11.2 Å². The summed E-state index contributed by atoms with van der Waals surface area (Å²) in [5.74, 6) is -0.318. The first kappa shape index (κ1) is 22.4. The van der Waals surface area contributed by atoms with Crippen LogP contribution in [-0.2, 0) is 31.9 Å². The summed E-state index contributed by atoms with van der Waals surface area (Å²) in [5, 5.41) is 0. The van der Waals surface area contributed by atoms with E-state index in [0.29, 0.717) is 31.7 Å². The van der Waals surface area contributed by atoms with Crippen molar-refractivity contribution in [2.24, 2.45) is 19.8 Å². The molecule has 0 saturated heterocycles. The number of nitrogens with zero attached hydrogens (tertiary/aromatic N) is 5. The number of fused-ring (bicyclic) bond motifs is 1. The molecule has 3 aromatic rings. The highest BCUT2D eigenvalue weighted by molar-refractivity contribution is 5.85. The average molecular weight is 421 g/mol. The smallest absolute Gasteiger partial charge is 0.332 e. The van der Waals surface area contributed by atoms with Crippen molar-refractivity contribution >= 4 is 29.5 Å². The lowest BCUT2D eigenvalue weighted by molar-refractivity contribution is -0.131. The van der Waals surface area contributed by atoms with Gasteiger partial charge in [-0.15, -0.1) is 12.4 Å². The van der Waals surface area contributed by atoms with Crippen LogP contribution >= 0.6 is 12.4 Å². The molecule has 2 aromatic heterocycles. The SMILES string of the molecule is Cl.Cn1cnc2c1c(=O)n(CC(=O)N(CCN)CCc1ccccc1)c(=O)n2C. The molecule has 0 spiro atoms. The molecule has 0 aliphatic carbocycles. The minimum atomic E-state index is -0.569. The van der Waals surface area contributed by atoms with Gasteiger partial charge in [-0.25, -0.2) is 14.3 Å². The van der Waals surface area contributed by atoms with E-state index in [9.17, 15) is 14.4 Å². The highest BCUT2D eigenvalue weighted by Gasteiger charge is 2.20. The van der Waals surface area contributed by atoms with Crippen LogP contribution in [0.1, 0.15) is 5.56 Å². The van der Waals surface area contributed by atoms with Crippen molar-refractivity contribution in [3.63, 3.8) is 0 Å². The van der Waals surface area contributed by atoms with E-state index >= 15 is 0 Å². The van der Waals surface area contributed by atoms with Crippen molar-refractivity contribution in [3.05, 3.63) is 63.1 Å². The van der Waals surface area contributed by atoms with Crippen molar-refractivity contribution < 1.29 is 4.79 Å². The number of amides is 1. The van der Waals surface area contributed by atoms with Crippen LogP contribution in [0.5, 0.6) is 0 Å². The lowest BCUT2D eigenvalue weighted by atomic mass is 10.1. The highest BCUT2D eigenvalue weighted by atomic mass is 35.5. The van der Waals surface area contributed by atoms with E-state index < -0.39 is 11.2 Å². The van der Waals surface area contributed by atoms with Crippen molar-refractivity contribution in [2.75, 3.05) is 19.6 Å². The Morgan fingerprint density at radius 2 is 1.83 bits per heavy atom. The van der Waals surface area contributed by atoms with Crippen molar-refractivity contribution in [3.8, 4) is 0 Å². The molecule has 1 aromatic carbocycles. The number of aryl methyl sites for hydroxylation is 2. The lowest BCUT2D eigenvalue weighted by Crippen LogP contribution is -2.46. The molecular weight excluding hydrogens is 396 g/mol. The summed E-state index contributed by atoms with van der Waals surface area (Å²) < 4.78 is 3.78. The number of hydrogen-bond acceptors (Lipinski definition) is 5. The van der Waals surface area contributed by atoms with Gasteiger partial charge >= 0.3 is 5.69 Å². The minimum Gasteiger partial charge on any atom is -0.340 e. The maximum atomic E-state index is 12.8. The van der Waals surface area contributed by atoms with Crippen LogP contribution in [-0.4, -0.2) is 49.1 Å². The van der Waals surface area contributed by atoms with Gasteiger partial charge in [0.25, 0.3) is 5.56 Å². The molecule has 0 atom stereocenters. The van der Waals surface area contributed by atoms with Crippen LogP contribution in [0.25, 0.3) is 11.2 Å². The van der Waals surface area contributed by atoms with Crippen LogP contribution in [0, 0.1) is 0 Å². The van der Waals surface area contributed by atoms with Gasteiger partial charge in [0.05, 0.1) is 6.33 Å². The Bertz CT molecular complexity index is 1100. The van der Waals surface area contributed by atoms with E-state index in [1.165, 1.54) is 17.9 Å². The van der Waals surface area contributed by atoms with Crippen LogP contribution in [0.15, 0.2) is 46.2 Å². The molecule has 2 heterocycles. The summed E-state index contributed by atoms with van der Waals surface area (Å²) in [6.45, 7) is 0.785. The van der Waals surface area contributed by atoms with Gasteiger partial charge in [-0.05, 0) is 12.0 Å². The van der Waals surface area contributed by atoms with E-state index in [2.05, 4.69) is 4.98 Å². The molecule has 0 fully saturated rings. The molecule has 0 aliphatic rings. The largest absolute Gasteiger partial charge is 0.340 e. The van der Waals surface area contributed by atoms with E-state index in [0.717, 1.165) is 10.1 Å². The molecule has 29 heavy (non-hydrogen) atoms. The monoisotopic (exact) mass is 420 g/mol. The molecule has 0 saturated carbocycles. The number of halogens is 1. The van der Waals surface area contributed by atoms with E-state index in [-0.39, 0.29) is 30.4 Å². The Kier molecular flexibility index (Phi) is 7.35. The van der Waals surface area contributed by atoms with Crippen LogP contribution in [0.4, 0.5) is 0 Å². The fourth-order valence-electron chi connectivity index (χ4n) is 3.20. The Hall–Kier alpha value is -2.91. The molecule has 10 heteroatoms. The maximum absolute atomic E-state index is 12.8. The molecule has 156 valence electrons. The van der Waals surface area contributed by atoms with Gasteiger partial charge in [0.1, 0.15) is 6.54 Å². The second kappa shape index (κ2) is 9.53. The molecule has 9 nitrogen and oxygen atoms in total. The molecule has 0 radical (unpaired) electrons. The first-order valence-corrected chi connectivity index (χ1v) is 9.06. The van der Waals surface area contributed by atoms with Gasteiger partial charge in [0, 0.05) is 33.7 Å². The van der Waals surface area contributed by atoms with Gasteiger partial charge in [-0.2, -0.15) is 0 Å². The van der Waals surface area contributed by atoms with Crippen molar-refractivity contribution in [2.45, 2.75) is 13.0 Å². The Labute approximate surface area is 173 Å². The molecule has 1 amide bonds. The second-order valence-electron chi connectivity index (χ2n) is 6.67. The molecule has 0 unspecified atom stereocenters. The summed E-state index contributed by atoms with van der Waals surface area (Å²) in [7, 11) is 3.21. The first-order chi connectivity index (χ1) is 13.4. The van der Waals surface area contributed by atoms with E-state index in [1.807, 2.05) is 30.3 Å². The number of aromatic nitrogens is 4. The summed E-state index contributed by atoms with van der Waals surface area (Å²) in [5.41, 5.74) is 6.24. The molecule has 2 N–H and O–H groups in total. The Morgan fingerprint density at radius 3 is 2.48 bits per heavy atom. The van der Waals surface area contributed by atoms with Crippen molar-refractivity contribution in [1.82, 2.24) is 23.6 Å².